The Labute approximate surface area is 185 Å². The van der Waals surface area contributed by atoms with Crippen molar-refractivity contribution >= 4 is 29.3 Å². The molecule has 1 aromatic rings. The van der Waals surface area contributed by atoms with Crippen molar-refractivity contribution in [2.75, 3.05) is 32.6 Å². The normalized spacial score (nSPS) is 16.7. The summed E-state index contributed by atoms with van der Waals surface area (Å²) in [6.45, 7) is 4.70. The van der Waals surface area contributed by atoms with Gasteiger partial charge < -0.3 is 24.2 Å². The minimum absolute atomic E-state index is 0.0127. The van der Waals surface area contributed by atoms with E-state index < -0.39 is 22.5 Å². The average molecular weight is 457 g/mol. The van der Waals surface area contributed by atoms with Gasteiger partial charge in [0.1, 0.15) is 11.0 Å². The standard InChI is InChI=1S/C20H28N2O8S/c1-4-29-20(31-5-2)14-7-6-9-21(14)19(25)13-11-16(28-3)17(12-15(13)22(26)27)30-10-8-18(23)24/h11-12,14,20H,4-10H2,1-3H3,(H,23,24)/t14-,20?/m0/s1. The van der Waals surface area contributed by atoms with Crippen molar-refractivity contribution in [3.05, 3.63) is 27.8 Å². The average Bonchev–Trinajstić information content (AvgIpc) is 3.22. The van der Waals surface area contributed by atoms with Crippen molar-refractivity contribution in [2.45, 2.75) is 44.6 Å². The molecular weight excluding hydrogens is 428 g/mol. The molecule has 0 spiro atoms. The molecule has 172 valence electrons. The number of nitrogens with zero attached hydrogens (tertiary/aromatic N) is 2. The van der Waals surface area contributed by atoms with Gasteiger partial charge in [-0.2, -0.15) is 0 Å². The maximum Gasteiger partial charge on any atom is 0.306 e. The molecule has 1 saturated heterocycles. The monoisotopic (exact) mass is 456 g/mol. The van der Waals surface area contributed by atoms with Crippen LogP contribution in [0.1, 0.15) is 43.5 Å². The summed E-state index contributed by atoms with van der Waals surface area (Å²) in [5, 5.41) is 20.5. The number of ether oxygens (including phenoxy) is 3. The lowest BCUT2D eigenvalue weighted by Gasteiger charge is -2.31. The van der Waals surface area contributed by atoms with E-state index in [4.69, 9.17) is 19.3 Å². The van der Waals surface area contributed by atoms with Gasteiger partial charge in [0.15, 0.2) is 11.5 Å². The van der Waals surface area contributed by atoms with Crippen molar-refractivity contribution in [3.63, 3.8) is 0 Å². The van der Waals surface area contributed by atoms with E-state index in [1.807, 2.05) is 13.8 Å². The van der Waals surface area contributed by atoms with E-state index in [9.17, 15) is 19.7 Å². The molecule has 2 rings (SSSR count). The third-order valence-electron chi connectivity index (χ3n) is 4.82. The number of benzene rings is 1. The molecule has 1 unspecified atom stereocenters. The SMILES string of the molecule is CCOC(SCC)[C@@H]1CCCN1C(=O)c1cc(OC)c(OCCC(=O)O)cc1[N+](=O)[O-]. The first kappa shape index (κ1) is 24.7. The van der Waals surface area contributed by atoms with Gasteiger partial charge in [0.25, 0.3) is 11.6 Å². The van der Waals surface area contributed by atoms with E-state index in [1.54, 1.807) is 16.7 Å². The molecule has 0 radical (unpaired) electrons. The molecule has 0 bridgehead atoms. The van der Waals surface area contributed by atoms with E-state index >= 15 is 0 Å². The Kier molecular flexibility index (Phi) is 9.38. The lowest BCUT2D eigenvalue weighted by atomic mass is 10.1. The van der Waals surface area contributed by atoms with Crippen molar-refractivity contribution in [1.82, 2.24) is 4.90 Å². The predicted octanol–water partition coefficient (Wildman–Crippen LogP) is 3.18. The highest BCUT2D eigenvalue weighted by Crippen LogP contribution is 2.37. The fourth-order valence-electron chi connectivity index (χ4n) is 3.47. The highest BCUT2D eigenvalue weighted by Gasteiger charge is 2.38. The van der Waals surface area contributed by atoms with Gasteiger partial charge in [-0.05, 0) is 25.5 Å². The summed E-state index contributed by atoms with van der Waals surface area (Å²) in [6, 6.07) is 2.21. The zero-order valence-corrected chi connectivity index (χ0v) is 18.7. The number of aliphatic carboxylic acids is 1. The Morgan fingerprint density at radius 2 is 2.10 bits per heavy atom. The number of hydrogen-bond acceptors (Lipinski definition) is 8. The zero-order valence-electron chi connectivity index (χ0n) is 17.9. The van der Waals surface area contributed by atoms with Crippen LogP contribution in [0.5, 0.6) is 11.5 Å². The number of hydrogen-bond donors (Lipinski definition) is 1. The summed E-state index contributed by atoms with van der Waals surface area (Å²) in [4.78, 5) is 36.8. The zero-order chi connectivity index (χ0) is 23.0. The fourth-order valence-corrected chi connectivity index (χ4v) is 4.54. The van der Waals surface area contributed by atoms with Gasteiger partial charge in [-0.25, -0.2) is 0 Å². The van der Waals surface area contributed by atoms with Gasteiger partial charge in [-0.3, -0.25) is 19.7 Å². The van der Waals surface area contributed by atoms with Gasteiger partial charge in [0.2, 0.25) is 0 Å². The molecule has 1 heterocycles. The molecule has 1 aliphatic heterocycles. The number of rotatable bonds is 12. The summed E-state index contributed by atoms with van der Waals surface area (Å²) in [5.74, 6) is -0.572. The Morgan fingerprint density at radius 1 is 1.35 bits per heavy atom. The molecule has 0 saturated carbocycles. The number of carboxylic acid groups (broad SMARTS) is 1. The van der Waals surface area contributed by atoms with Gasteiger partial charge >= 0.3 is 5.97 Å². The van der Waals surface area contributed by atoms with Gasteiger partial charge in [0, 0.05) is 19.2 Å². The molecule has 1 aromatic carbocycles. The molecule has 0 aliphatic carbocycles. The number of amides is 1. The first-order valence-corrected chi connectivity index (χ1v) is 11.1. The van der Waals surface area contributed by atoms with Crippen LogP contribution >= 0.6 is 11.8 Å². The van der Waals surface area contributed by atoms with Crippen molar-refractivity contribution in [2.24, 2.45) is 0 Å². The first-order chi connectivity index (χ1) is 14.8. The van der Waals surface area contributed by atoms with Crippen LogP contribution in [-0.2, 0) is 9.53 Å². The quantitative estimate of drug-likeness (QED) is 0.286. The van der Waals surface area contributed by atoms with Crippen LogP contribution in [0.4, 0.5) is 5.69 Å². The number of carboxylic acids is 1. The molecule has 1 fully saturated rings. The maximum absolute atomic E-state index is 13.4. The molecule has 11 heteroatoms. The number of methoxy groups -OCH3 is 1. The second-order valence-electron chi connectivity index (χ2n) is 6.76. The van der Waals surface area contributed by atoms with Crippen LogP contribution in [0.25, 0.3) is 0 Å². The molecular formula is C20H28N2O8S. The minimum atomic E-state index is -1.06. The second-order valence-corrected chi connectivity index (χ2v) is 8.13. The van der Waals surface area contributed by atoms with Gasteiger partial charge in [0.05, 0.1) is 37.2 Å². The summed E-state index contributed by atoms with van der Waals surface area (Å²) < 4.78 is 16.4. The summed E-state index contributed by atoms with van der Waals surface area (Å²) in [7, 11) is 1.35. The minimum Gasteiger partial charge on any atom is -0.493 e. The number of nitro groups is 1. The molecule has 2 atom stereocenters. The lowest BCUT2D eigenvalue weighted by Crippen LogP contribution is -2.43. The lowest BCUT2D eigenvalue weighted by molar-refractivity contribution is -0.385. The number of thioether (sulfide) groups is 1. The van der Waals surface area contributed by atoms with E-state index in [0.717, 1.165) is 24.7 Å². The summed E-state index contributed by atoms with van der Waals surface area (Å²) in [5.41, 5.74) is -0.727. The molecule has 0 aromatic heterocycles. The number of carbonyl (C=O) groups is 2. The summed E-state index contributed by atoms with van der Waals surface area (Å²) in [6.07, 6.45) is 1.26. The van der Waals surface area contributed by atoms with Crippen molar-refractivity contribution in [1.29, 1.82) is 0 Å². The highest BCUT2D eigenvalue weighted by atomic mass is 32.2. The fraction of sp³-hybridized carbons (Fsp3) is 0.600. The van der Waals surface area contributed by atoms with Crippen LogP contribution in [-0.4, -0.2) is 70.9 Å². The van der Waals surface area contributed by atoms with Gasteiger partial charge in [-0.15, -0.1) is 11.8 Å². The van der Waals surface area contributed by atoms with Gasteiger partial charge in [-0.1, -0.05) is 6.92 Å². The van der Waals surface area contributed by atoms with Crippen LogP contribution < -0.4 is 9.47 Å². The van der Waals surface area contributed by atoms with E-state index in [-0.39, 0.29) is 41.6 Å². The Balaban J connectivity index is 2.37. The topological polar surface area (TPSA) is 128 Å². The third-order valence-corrected chi connectivity index (χ3v) is 5.93. The maximum atomic E-state index is 13.4. The summed E-state index contributed by atoms with van der Waals surface area (Å²) >= 11 is 1.60. The van der Waals surface area contributed by atoms with Crippen LogP contribution in [0.3, 0.4) is 0 Å². The first-order valence-electron chi connectivity index (χ1n) is 10.1. The predicted molar refractivity (Wildman–Crippen MR) is 115 cm³/mol. The molecule has 10 nitrogen and oxygen atoms in total. The van der Waals surface area contributed by atoms with Crippen LogP contribution in [0.2, 0.25) is 0 Å². The Hall–Kier alpha value is -2.53. The van der Waals surface area contributed by atoms with Crippen molar-refractivity contribution < 1.29 is 33.8 Å². The largest absolute Gasteiger partial charge is 0.493 e. The number of nitro benzene ring substituents is 1. The molecule has 1 aliphatic rings. The van der Waals surface area contributed by atoms with Crippen molar-refractivity contribution in [3.8, 4) is 11.5 Å². The second kappa shape index (κ2) is 11.8. The Bertz CT molecular complexity index is 798. The van der Waals surface area contributed by atoms with E-state index in [1.165, 1.54) is 13.2 Å². The highest BCUT2D eigenvalue weighted by molar-refractivity contribution is 7.99. The third kappa shape index (κ3) is 6.23. The van der Waals surface area contributed by atoms with Crippen LogP contribution in [0, 0.1) is 10.1 Å². The Morgan fingerprint density at radius 3 is 2.68 bits per heavy atom. The molecule has 1 amide bonds. The molecule has 31 heavy (non-hydrogen) atoms. The molecule has 1 N–H and O–H groups in total. The number of likely N-dealkylation sites (tertiary alicyclic amines) is 1. The smallest absolute Gasteiger partial charge is 0.306 e. The van der Waals surface area contributed by atoms with E-state index in [0.29, 0.717) is 13.2 Å². The number of carbonyl (C=O) groups excluding carboxylic acids is 1. The van der Waals surface area contributed by atoms with Crippen LogP contribution in [0.15, 0.2) is 12.1 Å². The van der Waals surface area contributed by atoms with E-state index in [2.05, 4.69) is 0 Å².